The summed E-state index contributed by atoms with van der Waals surface area (Å²) in [6.45, 7) is 5.29. The van der Waals surface area contributed by atoms with Gasteiger partial charge in [-0.15, -0.1) is 0 Å². The molecule has 0 fully saturated rings. The van der Waals surface area contributed by atoms with Crippen LogP contribution in [0.15, 0.2) is 69.0 Å². The van der Waals surface area contributed by atoms with Crippen LogP contribution in [0, 0.1) is 5.82 Å². The molecule has 0 aliphatic heterocycles. The van der Waals surface area contributed by atoms with E-state index in [1.807, 2.05) is 24.3 Å². The fourth-order valence-corrected chi connectivity index (χ4v) is 3.83. The van der Waals surface area contributed by atoms with Crippen LogP contribution in [0.4, 0.5) is 15.0 Å². The van der Waals surface area contributed by atoms with Crippen LogP contribution in [-0.2, 0) is 4.74 Å². The summed E-state index contributed by atoms with van der Waals surface area (Å²) in [5.74, 6) is 1.14. The highest BCUT2D eigenvalue weighted by molar-refractivity contribution is 9.10. The molecule has 0 saturated heterocycles. The molecule has 0 aliphatic carbocycles. The van der Waals surface area contributed by atoms with E-state index in [0.717, 1.165) is 15.5 Å². The lowest BCUT2D eigenvalue weighted by Gasteiger charge is -2.20. The summed E-state index contributed by atoms with van der Waals surface area (Å²) < 4.78 is 30.5. The molecule has 9 heteroatoms. The molecule has 1 aromatic heterocycles. The first-order valence-electron chi connectivity index (χ1n) is 9.58. The van der Waals surface area contributed by atoms with Crippen molar-refractivity contribution in [3.05, 3.63) is 65.0 Å². The molecule has 1 amide bonds. The molecule has 2 aromatic carbocycles. The lowest BCUT2D eigenvalue weighted by atomic mass is 10.2. The summed E-state index contributed by atoms with van der Waals surface area (Å²) in [6.07, 6.45) is 0.949. The van der Waals surface area contributed by atoms with Gasteiger partial charge in [-0.25, -0.2) is 14.2 Å². The van der Waals surface area contributed by atoms with Crippen molar-refractivity contribution in [1.29, 1.82) is 0 Å². The van der Waals surface area contributed by atoms with Crippen LogP contribution in [-0.4, -0.2) is 23.8 Å². The highest BCUT2D eigenvalue weighted by Gasteiger charge is 2.19. The maximum absolute atomic E-state index is 13.5. The molecule has 3 rings (SSSR count). The van der Waals surface area contributed by atoms with Crippen molar-refractivity contribution in [3.63, 3.8) is 0 Å². The maximum Gasteiger partial charge on any atom is 0.413 e. The molecule has 0 saturated carbocycles. The van der Waals surface area contributed by atoms with Crippen LogP contribution in [0.3, 0.4) is 0 Å². The summed E-state index contributed by atoms with van der Waals surface area (Å²) in [5.41, 5.74) is -0.673. The first-order chi connectivity index (χ1) is 15.1. The number of anilines is 1. The molecule has 0 aliphatic rings. The fourth-order valence-electron chi connectivity index (χ4n) is 2.53. The molecule has 168 valence electrons. The van der Waals surface area contributed by atoms with Gasteiger partial charge in [-0.05, 0) is 73.1 Å². The smallest absolute Gasteiger partial charge is 0.413 e. The lowest BCUT2D eigenvalue weighted by Crippen LogP contribution is -2.27. The lowest BCUT2D eigenvalue weighted by molar-refractivity contribution is 0.0634. The number of rotatable bonds is 6. The summed E-state index contributed by atoms with van der Waals surface area (Å²) in [6, 6.07) is 13.4. The number of amides is 1. The summed E-state index contributed by atoms with van der Waals surface area (Å²) in [7, 11) is 1.61. The Morgan fingerprint density at radius 2 is 1.88 bits per heavy atom. The van der Waals surface area contributed by atoms with E-state index in [9.17, 15) is 9.18 Å². The molecule has 6 nitrogen and oxygen atoms in total. The highest BCUT2D eigenvalue weighted by Crippen LogP contribution is 2.38. The number of hydrogen-bond donors (Lipinski definition) is 1. The van der Waals surface area contributed by atoms with E-state index in [1.165, 1.54) is 30.0 Å². The molecule has 0 radical (unpaired) electrons. The minimum Gasteiger partial charge on any atom is -0.497 e. The van der Waals surface area contributed by atoms with Gasteiger partial charge in [0.05, 0.1) is 11.6 Å². The van der Waals surface area contributed by atoms with E-state index >= 15 is 0 Å². The number of halogens is 2. The summed E-state index contributed by atoms with van der Waals surface area (Å²) >= 11 is 4.74. The second-order valence-electron chi connectivity index (χ2n) is 7.60. The molecular formula is C23H22BrFN2O4S. The van der Waals surface area contributed by atoms with Gasteiger partial charge in [0.15, 0.2) is 11.6 Å². The van der Waals surface area contributed by atoms with Crippen molar-refractivity contribution in [2.24, 2.45) is 0 Å². The van der Waals surface area contributed by atoms with Crippen LogP contribution >= 0.6 is 27.7 Å². The van der Waals surface area contributed by atoms with Gasteiger partial charge in [0, 0.05) is 22.1 Å². The van der Waals surface area contributed by atoms with Gasteiger partial charge in [0.2, 0.25) is 0 Å². The number of carbonyl (C=O) groups excluding carboxylic acids is 1. The quantitative estimate of drug-likeness (QED) is 0.368. The zero-order chi connectivity index (χ0) is 23.3. The minimum absolute atomic E-state index is 0.172. The average Bonchev–Trinajstić information content (AvgIpc) is 2.70. The number of aromatic nitrogens is 1. The second-order valence-corrected chi connectivity index (χ2v) is 9.60. The van der Waals surface area contributed by atoms with Crippen LogP contribution in [0.25, 0.3) is 0 Å². The van der Waals surface area contributed by atoms with E-state index < -0.39 is 17.5 Å². The molecule has 1 N–H and O–H groups in total. The molecule has 1 heterocycles. The Balaban J connectivity index is 1.92. The monoisotopic (exact) mass is 520 g/mol. The van der Waals surface area contributed by atoms with Crippen LogP contribution in [0.5, 0.6) is 17.2 Å². The number of pyridine rings is 1. The van der Waals surface area contributed by atoms with E-state index in [4.69, 9.17) is 14.2 Å². The standard InChI is InChI=1S/C23H22BrFN2O4S/c1-23(2,3)31-22(28)27-21-20(30-19-9-8-14(25)10-18(19)24)12-17(13-26-21)32-16-7-5-6-15(11-16)29-4/h5-13H,1-4H3,(H,26,27,28). The van der Waals surface area contributed by atoms with Gasteiger partial charge < -0.3 is 14.2 Å². The maximum atomic E-state index is 13.5. The Morgan fingerprint density at radius 3 is 2.56 bits per heavy atom. The molecule has 0 spiro atoms. The largest absolute Gasteiger partial charge is 0.497 e. The predicted octanol–water partition coefficient (Wildman–Crippen LogP) is 7.28. The Hall–Kier alpha value is -2.78. The number of methoxy groups -OCH3 is 1. The number of nitrogens with zero attached hydrogens (tertiary/aromatic N) is 1. The van der Waals surface area contributed by atoms with Crippen LogP contribution < -0.4 is 14.8 Å². The van der Waals surface area contributed by atoms with E-state index in [1.54, 1.807) is 40.1 Å². The predicted molar refractivity (Wildman–Crippen MR) is 125 cm³/mol. The third kappa shape index (κ3) is 6.86. The fraction of sp³-hybridized carbons (Fsp3) is 0.217. The minimum atomic E-state index is -0.673. The van der Waals surface area contributed by atoms with E-state index in [0.29, 0.717) is 10.2 Å². The average molecular weight is 521 g/mol. The van der Waals surface area contributed by atoms with E-state index in [2.05, 4.69) is 26.2 Å². The zero-order valence-electron chi connectivity index (χ0n) is 17.9. The van der Waals surface area contributed by atoms with Gasteiger partial charge in [-0.3, -0.25) is 5.32 Å². The Labute approximate surface area is 198 Å². The summed E-state index contributed by atoms with van der Waals surface area (Å²) in [4.78, 5) is 18.3. The van der Waals surface area contributed by atoms with Crippen molar-refractivity contribution in [3.8, 4) is 17.2 Å². The topological polar surface area (TPSA) is 69.7 Å². The Kier molecular flexibility index (Phi) is 7.63. The molecule has 0 atom stereocenters. The SMILES string of the molecule is COc1cccc(Sc2cnc(NC(=O)OC(C)(C)C)c(Oc3ccc(F)cc3Br)c2)c1. The third-order valence-corrected chi connectivity index (χ3v) is 5.41. The van der Waals surface area contributed by atoms with Gasteiger partial charge >= 0.3 is 6.09 Å². The zero-order valence-corrected chi connectivity index (χ0v) is 20.3. The number of nitrogens with one attached hydrogen (secondary N) is 1. The van der Waals surface area contributed by atoms with Crippen LogP contribution in [0.2, 0.25) is 0 Å². The number of ether oxygens (including phenoxy) is 3. The molecule has 0 unspecified atom stereocenters. The Bertz CT molecular complexity index is 1120. The highest BCUT2D eigenvalue weighted by atomic mass is 79.9. The molecule has 3 aromatic rings. The third-order valence-electron chi connectivity index (χ3n) is 3.84. The van der Waals surface area contributed by atoms with Crippen molar-refractivity contribution >= 4 is 39.6 Å². The van der Waals surface area contributed by atoms with Gasteiger partial charge in [-0.1, -0.05) is 17.8 Å². The molecular weight excluding hydrogens is 499 g/mol. The molecule has 32 heavy (non-hydrogen) atoms. The van der Waals surface area contributed by atoms with Crippen LogP contribution in [0.1, 0.15) is 20.8 Å². The van der Waals surface area contributed by atoms with E-state index in [-0.39, 0.29) is 11.6 Å². The Morgan fingerprint density at radius 1 is 1.09 bits per heavy atom. The first-order valence-corrected chi connectivity index (χ1v) is 11.2. The number of hydrogen-bond acceptors (Lipinski definition) is 6. The molecule has 0 bridgehead atoms. The normalized spacial score (nSPS) is 11.1. The van der Waals surface area contributed by atoms with Crippen molar-refractivity contribution in [1.82, 2.24) is 4.98 Å². The van der Waals surface area contributed by atoms with Gasteiger partial charge in [0.1, 0.15) is 22.9 Å². The van der Waals surface area contributed by atoms with Gasteiger partial charge in [-0.2, -0.15) is 0 Å². The van der Waals surface area contributed by atoms with Crippen molar-refractivity contribution < 1.29 is 23.4 Å². The van der Waals surface area contributed by atoms with Crippen molar-refractivity contribution in [2.45, 2.75) is 36.2 Å². The second kappa shape index (κ2) is 10.2. The van der Waals surface area contributed by atoms with Crippen molar-refractivity contribution in [2.75, 3.05) is 12.4 Å². The number of carbonyl (C=O) groups is 1. The van der Waals surface area contributed by atoms with Gasteiger partial charge in [0.25, 0.3) is 0 Å². The summed E-state index contributed by atoms with van der Waals surface area (Å²) in [5, 5.41) is 2.61. The first kappa shape index (κ1) is 23.9. The number of benzene rings is 2.